The minimum atomic E-state index is -5.08. The van der Waals surface area contributed by atoms with Crippen LogP contribution in [0.3, 0.4) is 0 Å². The molecule has 1 saturated heterocycles. The van der Waals surface area contributed by atoms with Gasteiger partial charge in [-0.1, -0.05) is 6.07 Å². The standard InChI is InChI=1S/C20H18N4O3.C2HF3O2/c25-19-15-5-2-8-23(15)16-12-22(20(26)18-6-3-9-27-18)13-17(16)24(19)11-14-4-1-7-21-10-14;3-2(4,5)1(6)7/h1-10,16-17H,11-13H2;(H,6,7)/t16-,17+;/m0./s1. The molecular weight excluding hydrogens is 457 g/mol. The molecule has 0 aromatic carbocycles. The maximum Gasteiger partial charge on any atom is 0.490 e. The van der Waals surface area contributed by atoms with Crippen LogP contribution in [0.25, 0.3) is 0 Å². The zero-order valence-corrected chi connectivity index (χ0v) is 17.6. The Kier molecular flexibility index (Phi) is 6.14. The fourth-order valence-corrected chi connectivity index (χ4v) is 4.11. The first-order chi connectivity index (χ1) is 16.2. The number of hydrogen-bond acceptors (Lipinski definition) is 5. The molecule has 0 saturated carbocycles. The van der Waals surface area contributed by atoms with Crippen molar-refractivity contribution >= 4 is 17.8 Å². The van der Waals surface area contributed by atoms with Crippen LogP contribution in [0, 0.1) is 0 Å². The minimum Gasteiger partial charge on any atom is -0.475 e. The van der Waals surface area contributed by atoms with Gasteiger partial charge in [0.15, 0.2) is 5.76 Å². The average Bonchev–Trinajstić information content (AvgIpc) is 3.57. The van der Waals surface area contributed by atoms with E-state index in [1.165, 1.54) is 6.26 Å². The molecule has 0 bridgehead atoms. The first-order valence-corrected chi connectivity index (χ1v) is 10.2. The van der Waals surface area contributed by atoms with E-state index in [-0.39, 0.29) is 23.9 Å². The number of halogens is 3. The number of nitrogens with zero attached hydrogens (tertiary/aromatic N) is 4. The number of carbonyl (C=O) groups is 3. The van der Waals surface area contributed by atoms with Crippen molar-refractivity contribution in [3.05, 3.63) is 78.3 Å². The first-order valence-electron chi connectivity index (χ1n) is 10.2. The third-order valence-corrected chi connectivity index (χ3v) is 5.61. The number of aromatic nitrogens is 2. The van der Waals surface area contributed by atoms with Crippen LogP contribution in [-0.4, -0.2) is 67.5 Å². The average molecular weight is 476 g/mol. The molecule has 2 aliphatic heterocycles. The molecule has 9 nitrogen and oxygen atoms in total. The molecule has 2 amide bonds. The molecule has 1 fully saturated rings. The third-order valence-electron chi connectivity index (χ3n) is 5.61. The van der Waals surface area contributed by atoms with Crippen molar-refractivity contribution in [2.75, 3.05) is 13.1 Å². The Bertz CT molecular complexity index is 1180. The smallest absolute Gasteiger partial charge is 0.475 e. The Morgan fingerprint density at radius 1 is 1.12 bits per heavy atom. The molecule has 5 heterocycles. The van der Waals surface area contributed by atoms with E-state index in [1.807, 2.05) is 39.9 Å². The summed E-state index contributed by atoms with van der Waals surface area (Å²) < 4.78 is 39.0. The molecule has 3 aromatic rings. The highest BCUT2D eigenvalue weighted by atomic mass is 19.4. The number of aliphatic carboxylic acids is 1. The second-order valence-corrected chi connectivity index (χ2v) is 7.72. The van der Waals surface area contributed by atoms with Crippen LogP contribution < -0.4 is 0 Å². The van der Waals surface area contributed by atoms with Gasteiger partial charge in [-0.2, -0.15) is 13.2 Å². The van der Waals surface area contributed by atoms with Gasteiger partial charge in [0.25, 0.3) is 11.8 Å². The Morgan fingerprint density at radius 2 is 1.85 bits per heavy atom. The van der Waals surface area contributed by atoms with E-state index < -0.39 is 12.1 Å². The second kappa shape index (κ2) is 9.04. The molecule has 0 radical (unpaired) electrons. The van der Waals surface area contributed by atoms with E-state index >= 15 is 0 Å². The monoisotopic (exact) mass is 476 g/mol. The lowest BCUT2D eigenvalue weighted by Crippen LogP contribution is -2.49. The number of fused-ring (bicyclic) bond motifs is 3. The first kappa shape index (κ1) is 23.1. The van der Waals surface area contributed by atoms with Crippen LogP contribution in [0.15, 0.2) is 65.7 Å². The Hall–Kier alpha value is -4.09. The molecule has 5 rings (SSSR count). The number of furan rings is 1. The van der Waals surface area contributed by atoms with Crippen molar-refractivity contribution in [1.29, 1.82) is 0 Å². The molecule has 178 valence electrons. The normalized spacial score (nSPS) is 19.2. The van der Waals surface area contributed by atoms with Crippen LogP contribution in [0.1, 0.15) is 32.6 Å². The molecule has 12 heteroatoms. The van der Waals surface area contributed by atoms with Crippen molar-refractivity contribution in [3.63, 3.8) is 0 Å². The number of hydrogen-bond donors (Lipinski definition) is 1. The summed E-state index contributed by atoms with van der Waals surface area (Å²) in [6, 6.07) is 10.9. The molecule has 3 aromatic heterocycles. The lowest BCUT2D eigenvalue weighted by molar-refractivity contribution is -0.192. The Morgan fingerprint density at radius 3 is 2.47 bits per heavy atom. The summed E-state index contributed by atoms with van der Waals surface area (Å²) in [7, 11) is 0. The van der Waals surface area contributed by atoms with Crippen molar-refractivity contribution < 1.29 is 37.1 Å². The van der Waals surface area contributed by atoms with Crippen molar-refractivity contribution in [2.24, 2.45) is 0 Å². The van der Waals surface area contributed by atoms with Gasteiger partial charge in [0, 0.05) is 38.2 Å². The van der Waals surface area contributed by atoms with Crippen LogP contribution in [-0.2, 0) is 11.3 Å². The van der Waals surface area contributed by atoms with Gasteiger partial charge in [-0.15, -0.1) is 0 Å². The molecular formula is C22H19F3N4O5. The number of likely N-dealkylation sites (tertiary alicyclic amines) is 1. The number of alkyl halides is 3. The van der Waals surface area contributed by atoms with Crippen LogP contribution in [0.2, 0.25) is 0 Å². The summed E-state index contributed by atoms with van der Waals surface area (Å²) in [5, 5.41) is 7.12. The predicted octanol–water partition coefficient (Wildman–Crippen LogP) is 2.83. The molecule has 0 unspecified atom stereocenters. The highest BCUT2D eigenvalue weighted by molar-refractivity contribution is 5.95. The quantitative estimate of drug-likeness (QED) is 0.623. The van der Waals surface area contributed by atoms with E-state index in [0.717, 1.165) is 5.56 Å². The fourth-order valence-electron chi connectivity index (χ4n) is 4.11. The summed E-state index contributed by atoms with van der Waals surface area (Å²) in [6.07, 6.45) is 1.83. The largest absolute Gasteiger partial charge is 0.490 e. The molecule has 0 aliphatic carbocycles. The van der Waals surface area contributed by atoms with E-state index in [1.54, 1.807) is 29.4 Å². The lowest BCUT2D eigenvalue weighted by Gasteiger charge is -2.38. The van der Waals surface area contributed by atoms with E-state index in [4.69, 9.17) is 14.3 Å². The van der Waals surface area contributed by atoms with Crippen molar-refractivity contribution in [1.82, 2.24) is 19.4 Å². The van der Waals surface area contributed by atoms with Crippen LogP contribution in [0.4, 0.5) is 13.2 Å². The van der Waals surface area contributed by atoms with Crippen LogP contribution in [0.5, 0.6) is 0 Å². The molecule has 0 spiro atoms. The predicted molar refractivity (Wildman–Crippen MR) is 110 cm³/mol. The lowest BCUT2D eigenvalue weighted by atomic mass is 10.0. The highest BCUT2D eigenvalue weighted by Gasteiger charge is 2.46. The van der Waals surface area contributed by atoms with Gasteiger partial charge < -0.3 is 23.9 Å². The third kappa shape index (κ3) is 4.51. The summed E-state index contributed by atoms with van der Waals surface area (Å²) in [6.45, 7) is 1.50. The number of pyridine rings is 1. The summed E-state index contributed by atoms with van der Waals surface area (Å²) >= 11 is 0. The Balaban J connectivity index is 0.000000344. The number of carboxylic acids is 1. The second-order valence-electron chi connectivity index (χ2n) is 7.72. The van der Waals surface area contributed by atoms with Crippen molar-refractivity contribution in [2.45, 2.75) is 24.8 Å². The maximum atomic E-state index is 13.1. The SMILES string of the molecule is O=C(O)C(F)(F)F.O=C(c1ccco1)N1C[C@@H]2[C@H](C1)n1cccc1C(=O)N2Cc1cccnc1. The topological polar surface area (TPSA) is 109 Å². The zero-order chi connectivity index (χ0) is 24.5. The van der Waals surface area contributed by atoms with Gasteiger partial charge in [-0.3, -0.25) is 14.6 Å². The van der Waals surface area contributed by atoms with E-state index in [0.29, 0.717) is 31.1 Å². The number of rotatable bonds is 3. The molecule has 34 heavy (non-hydrogen) atoms. The van der Waals surface area contributed by atoms with Gasteiger partial charge in [0.05, 0.1) is 18.3 Å². The molecule has 2 atom stereocenters. The number of carbonyl (C=O) groups excluding carboxylic acids is 2. The van der Waals surface area contributed by atoms with Gasteiger partial charge in [-0.25, -0.2) is 4.79 Å². The summed E-state index contributed by atoms with van der Waals surface area (Å²) in [5.74, 6) is -2.59. The Labute approximate surface area is 191 Å². The summed E-state index contributed by atoms with van der Waals surface area (Å²) in [4.78, 5) is 42.5. The van der Waals surface area contributed by atoms with Crippen molar-refractivity contribution in [3.8, 4) is 0 Å². The minimum absolute atomic E-state index is 0.0163. The van der Waals surface area contributed by atoms with Gasteiger partial charge in [0.1, 0.15) is 5.69 Å². The maximum absolute atomic E-state index is 13.1. The van der Waals surface area contributed by atoms with Gasteiger partial charge >= 0.3 is 12.1 Å². The highest BCUT2D eigenvalue weighted by Crippen LogP contribution is 2.35. The van der Waals surface area contributed by atoms with E-state index in [9.17, 15) is 22.8 Å². The van der Waals surface area contributed by atoms with Crippen LogP contribution >= 0.6 is 0 Å². The van der Waals surface area contributed by atoms with Gasteiger partial charge in [0.2, 0.25) is 0 Å². The molecule has 1 N–H and O–H groups in total. The van der Waals surface area contributed by atoms with E-state index in [2.05, 4.69) is 4.98 Å². The fraction of sp³-hybridized carbons (Fsp3) is 0.273. The zero-order valence-electron chi connectivity index (χ0n) is 17.6. The number of amides is 2. The summed E-state index contributed by atoms with van der Waals surface area (Å²) in [5.41, 5.74) is 1.63. The molecule has 2 aliphatic rings. The number of carboxylic acid groups (broad SMARTS) is 1. The van der Waals surface area contributed by atoms with Gasteiger partial charge in [-0.05, 0) is 35.9 Å².